The monoisotopic (exact) mass is 327 g/mol. The van der Waals surface area contributed by atoms with E-state index in [1.54, 1.807) is 0 Å². The third-order valence-electron chi connectivity index (χ3n) is 5.98. The predicted octanol–water partition coefficient (Wildman–Crippen LogP) is 3.14. The van der Waals surface area contributed by atoms with E-state index in [1.807, 2.05) is 12.1 Å². The van der Waals surface area contributed by atoms with Gasteiger partial charge in [0, 0.05) is 36.9 Å². The van der Waals surface area contributed by atoms with Crippen LogP contribution in [0.1, 0.15) is 54.4 Å². The molecule has 4 nitrogen and oxygen atoms in total. The molecule has 0 aliphatic carbocycles. The maximum Gasteiger partial charge on any atom is 0.254 e. The Bertz CT molecular complexity index is 587. The molecular weight excluding hydrogens is 298 g/mol. The minimum absolute atomic E-state index is 0.243. The standard InChI is InChI=1S/C20H29N3O/c24-20(18-6-4-8-19-17(18)7-5-11-21-19)23-14-9-16(10-15-23)22-12-2-1-3-13-22/h4,6,8,16,21H,1-3,5,7,9-15H2. The first-order chi connectivity index (χ1) is 11.8. The van der Waals surface area contributed by atoms with E-state index in [2.05, 4.69) is 21.2 Å². The molecule has 130 valence electrons. The summed E-state index contributed by atoms with van der Waals surface area (Å²) < 4.78 is 0. The molecule has 0 unspecified atom stereocenters. The fourth-order valence-electron chi connectivity index (χ4n) is 4.60. The summed E-state index contributed by atoms with van der Waals surface area (Å²) in [6.07, 6.45) is 8.51. The van der Waals surface area contributed by atoms with Gasteiger partial charge in [0.2, 0.25) is 0 Å². The summed E-state index contributed by atoms with van der Waals surface area (Å²) in [5.74, 6) is 0.243. The Labute approximate surface area is 145 Å². The topological polar surface area (TPSA) is 35.6 Å². The first-order valence-electron chi connectivity index (χ1n) is 9.72. The number of fused-ring (bicyclic) bond motifs is 1. The van der Waals surface area contributed by atoms with Crippen molar-refractivity contribution in [1.82, 2.24) is 9.80 Å². The van der Waals surface area contributed by atoms with Crippen LogP contribution in [0.2, 0.25) is 0 Å². The van der Waals surface area contributed by atoms with Crippen molar-refractivity contribution in [2.45, 2.75) is 51.0 Å². The van der Waals surface area contributed by atoms with Gasteiger partial charge >= 0.3 is 0 Å². The molecule has 2 saturated heterocycles. The van der Waals surface area contributed by atoms with E-state index in [4.69, 9.17) is 0 Å². The van der Waals surface area contributed by atoms with Crippen LogP contribution < -0.4 is 5.32 Å². The number of likely N-dealkylation sites (tertiary alicyclic amines) is 2. The average molecular weight is 327 g/mol. The van der Waals surface area contributed by atoms with Crippen molar-refractivity contribution in [3.63, 3.8) is 0 Å². The summed E-state index contributed by atoms with van der Waals surface area (Å²) in [4.78, 5) is 17.8. The molecule has 1 aromatic carbocycles. The van der Waals surface area contributed by atoms with Gasteiger partial charge in [-0.15, -0.1) is 0 Å². The fourth-order valence-corrected chi connectivity index (χ4v) is 4.60. The Morgan fingerprint density at radius 3 is 2.58 bits per heavy atom. The maximum absolute atomic E-state index is 13.0. The summed E-state index contributed by atoms with van der Waals surface area (Å²) >= 11 is 0. The Kier molecular flexibility index (Phi) is 4.74. The van der Waals surface area contributed by atoms with Crippen LogP contribution in [0.15, 0.2) is 18.2 Å². The highest BCUT2D eigenvalue weighted by molar-refractivity contribution is 5.97. The summed E-state index contributed by atoms with van der Waals surface area (Å²) in [5, 5.41) is 3.43. The highest BCUT2D eigenvalue weighted by Crippen LogP contribution is 2.28. The molecule has 0 atom stereocenters. The number of nitrogens with one attached hydrogen (secondary N) is 1. The molecule has 4 heteroatoms. The van der Waals surface area contributed by atoms with Gasteiger partial charge in [0.15, 0.2) is 0 Å². The van der Waals surface area contributed by atoms with E-state index in [-0.39, 0.29) is 5.91 Å². The Morgan fingerprint density at radius 1 is 1.00 bits per heavy atom. The van der Waals surface area contributed by atoms with Gasteiger partial charge in [-0.05, 0) is 69.3 Å². The summed E-state index contributed by atoms with van der Waals surface area (Å²) in [5.41, 5.74) is 3.32. The fraction of sp³-hybridized carbons (Fsp3) is 0.650. The van der Waals surface area contributed by atoms with Crippen molar-refractivity contribution in [3.8, 4) is 0 Å². The second kappa shape index (κ2) is 7.14. The van der Waals surface area contributed by atoms with Gasteiger partial charge in [-0.1, -0.05) is 12.5 Å². The number of hydrogen-bond donors (Lipinski definition) is 1. The van der Waals surface area contributed by atoms with Crippen molar-refractivity contribution < 1.29 is 4.79 Å². The van der Waals surface area contributed by atoms with Gasteiger partial charge in [0.1, 0.15) is 0 Å². The van der Waals surface area contributed by atoms with Crippen LogP contribution >= 0.6 is 0 Å². The lowest BCUT2D eigenvalue weighted by atomic mass is 9.95. The maximum atomic E-state index is 13.0. The molecule has 3 heterocycles. The number of benzene rings is 1. The zero-order chi connectivity index (χ0) is 16.4. The molecule has 3 aliphatic heterocycles. The van der Waals surface area contributed by atoms with Crippen LogP contribution in [-0.2, 0) is 6.42 Å². The minimum Gasteiger partial charge on any atom is -0.385 e. The molecule has 0 aromatic heterocycles. The largest absolute Gasteiger partial charge is 0.385 e. The van der Waals surface area contributed by atoms with E-state index in [9.17, 15) is 4.79 Å². The molecule has 0 bridgehead atoms. The molecule has 24 heavy (non-hydrogen) atoms. The molecule has 2 fully saturated rings. The number of carbonyl (C=O) groups excluding carboxylic acids is 1. The Balaban J connectivity index is 1.41. The van der Waals surface area contributed by atoms with Crippen molar-refractivity contribution in [2.24, 2.45) is 0 Å². The smallest absolute Gasteiger partial charge is 0.254 e. The Morgan fingerprint density at radius 2 is 1.79 bits per heavy atom. The van der Waals surface area contributed by atoms with Gasteiger partial charge in [-0.2, -0.15) is 0 Å². The van der Waals surface area contributed by atoms with E-state index >= 15 is 0 Å². The molecule has 1 aromatic rings. The highest BCUT2D eigenvalue weighted by atomic mass is 16.2. The van der Waals surface area contributed by atoms with Gasteiger partial charge in [-0.3, -0.25) is 4.79 Å². The lowest BCUT2D eigenvalue weighted by molar-refractivity contribution is 0.0589. The molecule has 3 aliphatic rings. The van der Waals surface area contributed by atoms with Crippen LogP contribution in [0.25, 0.3) is 0 Å². The number of nitrogens with zero attached hydrogens (tertiary/aromatic N) is 2. The second-order valence-corrected chi connectivity index (χ2v) is 7.48. The van der Waals surface area contributed by atoms with E-state index in [0.717, 1.165) is 56.6 Å². The van der Waals surface area contributed by atoms with Gasteiger partial charge < -0.3 is 15.1 Å². The molecular formula is C20H29N3O. The zero-order valence-corrected chi connectivity index (χ0v) is 14.6. The second-order valence-electron chi connectivity index (χ2n) is 7.48. The molecule has 4 rings (SSSR count). The van der Waals surface area contributed by atoms with E-state index in [1.165, 1.54) is 37.9 Å². The number of piperidine rings is 2. The van der Waals surface area contributed by atoms with Crippen LogP contribution in [-0.4, -0.2) is 54.5 Å². The number of amides is 1. The number of rotatable bonds is 2. The van der Waals surface area contributed by atoms with Crippen molar-refractivity contribution in [2.75, 3.05) is 38.0 Å². The molecule has 0 spiro atoms. The normalized spacial score (nSPS) is 22.8. The van der Waals surface area contributed by atoms with Crippen LogP contribution in [0.4, 0.5) is 5.69 Å². The Hall–Kier alpha value is -1.55. The van der Waals surface area contributed by atoms with Crippen LogP contribution in [0, 0.1) is 0 Å². The van der Waals surface area contributed by atoms with Crippen molar-refractivity contribution in [1.29, 1.82) is 0 Å². The minimum atomic E-state index is 0.243. The third kappa shape index (κ3) is 3.16. The van der Waals surface area contributed by atoms with Gasteiger partial charge in [0.05, 0.1) is 0 Å². The first kappa shape index (κ1) is 15.9. The number of anilines is 1. The zero-order valence-electron chi connectivity index (χ0n) is 14.6. The third-order valence-corrected chi connectivity index (χ3v) is 5.98. The molecule has 0 saturated carbocycles. The quantitative estimate of drug-likeness (QED) is 0.906. The number of carbonyl (C=O) groups is 1. The summed E-state index contributed by atoms with van der Waals surface area (Å²) in [6, 6.07) is 6.84. The van der Waals surface area contributed by atoms with Gasteiger partial charge in [0.25, 0.3) is 5.91 Å². The number of hydrogen-bond acceptors (Lipinski definition) is 3. The predicted molar refractivity (Wildman–Crippen MR) is 97.6 cm³/mol. The van der Waals surface area contributed by atoms with Crippen LogP contribution in [0.5, 0.6) is 0 Å². The molecule has 1 amide bonds. The highest BCUT2D eigenvalue weighted by Gasteiger charge is 2.29. The van der Waals surface area contributed by atoms with Crippen molar-refractivity contribution in [3.05, 3.63) is 29.3 Å². The first-order valence-corrected chi connectivity index (χ1v) is 9.72. The SMILES string of the molecule is O=C(c1cccc2c1CCCN2)N1CCC(N2CCCCC2)CC1. The lowest BCUT2D eigenvalue weighted by Crippen LogP contribution is -2.48. The van der Waals surface area contributed by atoms with Crippen molar-refractivity contribution >= 4 is 11.6 Å². The van der Waals surface area contributed by atoms with Crippen LogP contribution in [0.3, 0.4) is 0 Å². The average Bonchev–Trinajstić information content (AvgIpc) is 2.68. The lowest BCUT2D eigenvalue weighted by Gasteiger charge is -2.40. The molecule has 1 N–H and O–H groups in total. The van der Waals surface area contributed by atoms with E-state index in [0.29, 0.717) is 6.04 Å². The van der Waals surface area contributed by atoms with E-state index < -0.39 is 0 Å². The van der Waals surface area contributed by atoms with Gasteiger partial charge in [-0.25, -0.2) is 0 Å². The summed E-state index contributed by atoms with van der Waals surface area (Å²) in [7, 11) is 0. The molecule has 0 radical (unpaired) electrons. The summed E-state index contributed by atoms with van der Waals surface area (Å²) in [6.45, 7) is 5.37.